The molecular formula is C23H30Cl2N6O2S. The number of nitrogens with one attached hydrogen (secondary N) is 3. The normalized spacial score (nSPS) is 18.5. The lowest BCUT2D eigenvalue weighted by Gasteiger charge is -2.29. The number of aromatic nitrogens is 2. The smallest absolute Gasteiger partial charge is 0.278 e. The highest BCUT2D eigenvalue weighted by Gasteiger charge is 2.24. The Labute approximate surface area is 212 Å². The summed E-state index contributed by atoms with van der Waals surface area (Å²) < 4.78 is 27.8. The molecule has 1 aliphatic rings. The van der Waals surface area contributed by atoms with E-state index in [1.54, 1.807) is 0 Å². The molecule has 1 aliphatic carbocycles. The van der Waals surface area contributed by atoms with Crippen LogP contribution in [0.3, 0.4) is 0 Å². The summed E-state index contributed by atoms with van der Waals surface area (Å²) in [4.78, 5) is 9.47. The minimum absolute atomic E-state index is 0. The topological polar surface area (TPSA) is 99.3 Å². The zero-order chi connectivity index (χ0) is 23.4. The Kier molecular flexibility index (Phi) is 8.95. The first-order chi connectivity index (χ1) is 15.8. The lowest BCUT2D eigenvalue weighted by Crippen LogP contribution is -2.39. The lowest BCUT2D eigenvalue weighted by atomic mass is 9.86. The van der Waals surface area contributed by atoms with E-state index in [1.807, 2.05) is 48.5 Å². The summed E-state index contributed by atoms with van der Waals surface area (Å²) in [5.74, 6) is 1.65. The maximum atomic E-state index is 11.9. The van der Waals surface area contributed by atoms with Crippen molar-refractivity contribution in [2.75, 3.05) is 31.3 Å². The molecule has 0 unspecified atom stereocenters. The Morgan fingerprint density at radius 1 is 1.00 bits per heavy atom. The molecule has 34 heavy (non-hydrogen) atoms. The molecule has 4 rings (SSSR count). The average Bonchev–Trinajstić information content (AvgIpc) is 2.80. The van der Waals surface area contributed by atoms with Crippen LogP contribution in [0.4, 0.5) is 17.5 Å². The third-order valence-electron chi connectivity index (χ3n) is 5.93. The second kappa shape index (κ2) is 11.5. The van der Waals surface area contributed by atoms with Crippen LogP contribution in [0.15, 0.2) is 48.5 Å². The Hall–Kier alpha value is -2.17. The Morgan fingerprint density at radius 3 is 2.35 bits per heavy atom. The second-order valence-corrected chi connectivity index (χ2v) is 10.9. The van der Waals surface area contributed by atoms with Crippen molar-refractivity contribution >= 4 is 62.6 Å². The zero-order valence-corrected chi connectivity index (χ0v) is 21.6. The molecule has 0 bridgehead atoms. The van der Waals surface area contributed by atoms with Crippen molar-refractivity contribution < 1.29 is 8.42 Å². The van der Waals surface area contributed by atoms with Crippen LogP contribution >= 0.6 is 24.0 Å². The van der Waals surface area contributed by atoms with Gasteiger partial charge in [-0.15, -0.1) is 12.4 Å². The molecule has 0 atom stereocenters. The molecule has 2 aromatic carbocycles. The predicted molar refractivity (Wildman–Crippen MR) is 141 cm³/mol. The number of fused-ring (bicyclic) bond motifs is 1. The summed E-state index contributed by atoms with van der Waals surface area (Å²) >= 11 is 6.01. The van der Waals surface area contributed by atoms with Gasteiger partial charge < -0.3 is 10.6 Å². The van der Waals surface area contributed by atoms with Crippen LogP contribution in [-0.4, -0.2) is 49.4 Å². The Morgan fingerprint density at radius 2 is 1.68 bits per heavy atom. The molecule has 11 heteroatoms. The van der Waals surface area contributed by atoms with Crippen molar-refractivity contribution in [3.05, 3.63) is 53.6 Å². The fourth-order valence-corrected chi connectivity index (χ4v) is 4.78. The van der Waals surface area contributed by atoms with E-state index in [1.165, 1.54) is 18.4 Å². The first kappa shape index (κ1) is 26.4. The van der Waals surface area contributed by atoms with E-state index in [9.17, 15) is 8.42 Å². The fraction of sp³-hybridized carbons (Fsp3) is 0.391. The van der Waals surface area contributed by atoms with Gasteiger partial charge in [-0.05, 0) is 68.0 Å². The van der Waals surface area contributed by atoms with E-state index in [2.05, 4.69) is 15.4 Å². The van der Waals surface area contributed by atoms with Crippen LogP contribution < -0.4 is 15.4 Å². The maximum absolute atomic E-state index is 11.9. The monoisotopic (exact) mass is 524 g/mol. The van der Waals surface area contributed by atoms with Crippen LogP contribution in [-0.2, 0) is 10.2 Å². The van der Waals surface area contributed by atoms with E-state index in [-0.39, 0.29) is 18.4 Å². The van der Waals surface area contributed by atoms with Crippen LogP contribution in [0.25, 0.3) is 10.9 Å². The van der Waals surface area contributed by atoms with E-state index in [0.29, 0.717) is 23.4 Å². The van der Waals surface area contributed by atoms with Gasteiger partial charge in [-0.3, -0.25) is 0 Å². The van der Waals surface area contributed by atoms with Gasteiger partial charge in [0.05, 0.1) is 5.52 Å². The summed E-state index contributed by atoms with van der Waals surface area (Å²) in [6, 6.07) is 15.7. The zero-order valence-electron chi connectivity index (χ0n) is 19.2. The fourth-order valence-electron chi connectivity index (χ4n) is 3.95. The highest BCUT2D eigenvalue weighted by molar-refractivity contribution is 7.87. The molecule has 184 valence electrons. The largest absolute Gasteiger partial charge is 0.351 e. The van der Waals surface area contributed by atoms with Gasteiger partial charge in [0.2, 0.25) is 5.95 Å². The Bertz CT molecular complexity index is 1200. The number of hydrogen-bond donors (Lipinski definition) is 3. The molecule has 1 fully saturated rings. The Balaban J connectivity index is 0.00000324. The molecule has 1 saturated carbocycles. The van der Waals surface area contributed by atoms with Gasteiger partial charge in [0.15, 0.2) is 0 Å². The van der Waals surface area contributed by atoms with Crippen molar-refractivity contribution in [2.24, 2.45) is 5.92 Å². The van der Waals surface area contributed by atoms with E-state index >= 15 is 0 Å². The summed E-state index contributed by atoms with van der Waals surface area (Å²) in [6.45, 7) is 0.467. The van der Waals surface area contributed by atoms with Gasteiger partial charge >= 0.3 is 0 Å². The molecule has 0 amide bonds. The van der Waals surface area contributed by atoms with Crippen molar-refractivity contribution in [3.63, 3.8) is 0 Å². The van der Waals surface area contributed by atoms with Crippen LogP contribution in [0, 0.1) is 5.92 Å². The first-order valence-electron chi connectivity index (χ1n) is 11.0. The average molecular weight is 526 g/mol. The number of para-hydroxylation sites is 1. The summed E-state index contributed by atoms with van der Waals surface area (Å²) in [7, 11) is -0.319. The number of anilines is 3. The van der Waals surface area contributed by atoms with Crippen molar-refractivity contribution in [1.29, 1.82) is 0 Å². The number of halogens is 2. The van der Waals surface area contributed by atoms with E-state index in [4.69, 9.17) is 21.6 Å². The van der Waals surface area contributed by atoms with Crippen LogP contribution in [0.1, 0.15) is 25.7 Å². The molecule has 3 aromatic rings. The minimum atomic E-state index is -3.38. The lowest BCUT2D eigenvalue weighted by molar-refractivity contribution is 0.334. The van der Waals surface area contributed by atoms with Gasteiger partial charge in [0.1, 0.15) is 5.82 Å². The molecule has 3 N–H and O–H groups in total. The molecule has 1 heterocycles. The molecule has 0 saturated heterocycles. The molecule has 0 radical (unpaired) electrons. The van der Waals surface area contributed by atoms with Crippen molar-refractivity contribution in [2.45, 2.75) is 31.7 Å². The van der Waals surface area contributed by atoms with E-state index < -0.39 is 10.2 Å². The van der Waals surface area contributed by atoms with Gasteiger partial charge in [-0.2, -0.15) is 17.7 Å². The summed E-state index contributed by atoms with van der Waals surface area (Å²) in [5, 5.41) is 8.49. The highest BCUT2D eigenvalue weighted by atomic mass is 35.5. The quantitative estimate of drug-likeness (QED) is 0.390. The third kappa shape index (κ3) is 6.70. The van der Waals surface area contributed by atoms with Gasteiger partial charge in [0.25, 0.3) is 10.2 Å². The molecular weight excluding hydrogens is 495 g/mol. The molecule has 1 aromatic heterocycles. The standard InChI is InChI=1S/C23H29ClN6O2S.ClH/c1-30(2)33(31,32)25-15-16-7-11-19(12-8-16)27-23-28-21-6-4-3-5-20(21)22(29-23)26-18-13-9-17(24)10-14-18;/h3-6,9-10,13-14,16,19,25H,7-8,11-12,15H2,1-2H3,(H2,26,27,28,29);1H. The molecule has 0 aliphatic heterocycles. The summed E-state index contributed by atoms with van der Waals surface area (Å²) in [5.41, 5.74) is 1.76. The first-order valence-corrected chi connectivity index (χ1v) is 12.8. The second-order valence-electron chi connectivity index (χ2n) is 8.54. The van der Waals surface area contributed by atoms with Crippen LogP contribution in [0.5, 0.6) is 0 Å². The molecule has 0 spiro atoms. The highest BCUT2D eigenvalue weighted by Crippen LogP contribution is 2.29. The van der Waals surface area contributed by atoms with Crippen molar-refractivity contribution in [1.82, 2.24) is 19.0 Å². The van der Waals surface area contributed by atoms with Crippen LogP contribution in [0.2, 0.25) is 5.02 Å². The SMILES string of the molecule is CN(C)S(=O)(=O)NCC1CCC(Nc2nc(Nc3ccc(Cl)cc3)c3ccccc3n2)CC1.Cl. The van der Waals surface area contributed by atoms with Gasteiger partial charge in [-0.1, -0.05) is 23.7 Å². The summed E-state index contributed by atoms with van der Waals surface area (Å²) in [6.07, 6.45) is 3.75. The van der Waals surface area contributed by atoms with Gasteiger partial charge in [0, 0.05) is 42.8 Å². The minimum Gasteiger partial charge on any atom is -0.351 e. The molecule has 8 nitrogen and oxygen atoms in total. The van der Waals surface area contributed by atoms with Crippen molar-refractivity contribution in [3.8, 4) is 0 Å². The maximum Gasteiger partial charge on any atom is 0.278 e. The predicted octanol–water partition coefficient (Wildman–Crippen LogP) is 4.82. The number of hydrogen-bond acceptors (Lipinski definition) is 6. The number of nitrogens with zero attached hydrogens (tertiary/aromatic N) is 3. The number of rotatable bonds is 8. The third-order valence-corrected chi connectivity index (χ3v) is 7.67. The number of benzene rings is 2. The van der Waals surface area contributed by atoms with Gasteiger partial charge in [-0.25, -0.2) is 9.71 Å². The van der Waals surface area contributed by atoms with E-state index in [0.717, 1.165) is 48.1 Å².